The molecule has 0 saturated carbocycles. The molecule has 10 heteroatoms. The summed E-state index contributed by atoms with van der Waals surface area (Å²) in [6.07, 6.45) is -5.53. The van der Waals surface area contributed by atoms with Gasteiger partial charge in [0.2, 0.25) is 0 Å². The van der Waals surface area contributed by atoms with Gasteiger partial charge in [0.05, 0.1) is 6.10 Å². The highest BCUT2D eigenvalue weighted by Gasteiger charge is 2.60. The van der Waals surface area contributed by atoms with E-state index in [1.54, 1.807) is 0 Å². The zero-order valence-electron chi connectivity index (χ0n) is 7.86. The predicted molar refractivity (Wildman–Crippen MR) is 46.8 cm³/mol. The minimum atomic E-state index is -5.77. The van der Waals surface area contributed by atoms with Crippen molar-refractivity contribution in [3.63, 3.8) is 0 Å². The van der Waals surface area contributed by atoms with Crippen molar-refractivity contribution >= 4 is 7.60 Å². The maximum Gasteiger partial charge on any atom is 0.396 e. The standard InChI is InChI=1S/C6H12F2NO6P/c7-6(8,16(13,14)15)5-4(12)3(11)2(10)1-9-5/h2-5,9-12H,1H2,(H2,13,14,15)/t2-,3+,4-,5+/m1/s1. The molecule has 16 heavy (non-hydrogen) atoms. The third-order valence-electron chi connectivity index (χ3n) is 2.40. The zero-order chi connectivity index (χ0) is 12.7. The van der Waals surface area contributed by atoms with E-state index in [4.69, 9.17) is 20.0 Å². The Morgan fingerprint density at radius 2 is 1.69 bits per heavy atom. The molecular formula is C6H12F2NO6P. The molecule has 0 aromatic rings. The summed E-state index contributed by atoms with van der Waals surface area (Å²) in [6, 6.07) is -2.31. The van der Waals surface area contributed by atoms with Crippen LogP contribution in [0.2, 0.25) is 0 Å². The lowest BCUT2D eigenvalue weighted by molar-refractivity contribution is -0.133. The number of nitrogens with one attached hydrogen (secondary N) is 1. The largest absolute Gasteiger partial charge is 0.396 e. The van der Waals surface area contributed by atoms with Crippen molar-refractivity contribution in [1.29, 1.82) is 0 Å². The van der Waals surface area contributed by atoms with Crippen LogP contribution in [0.4, 0.5) is 8.78 Å². The number of hydrogen-bond donors (Lipinski definition) is 6. The molecule has 0 amide bonds. The van der Waals surface area contributed by atoms with Gasteiger partial charge in [0.25, 0.3) is 0 Å². The number of aliphatic hydroxyl groups excluding tert-OH is 3. The zero-order valence-corrected chi connectivity index (χ0v) is 8.76. The highest BCUT2D eigenvalue weighted by atomic mass is 31.2. The Balaban J connectivity index is 2.94. The van der Waals surface area contributed by atoms with Crippen LogP contribution in [0, 0.1) is 0 Å². The number of rotatable bonds is 2. The number of aliphatic hydroxyl groups is 3. The Bertz CT molecular complexity index is 309. The van der Waals surface area contributed by atoms with Crippen molar-refractivity contribution in [1.82, 2.24) is 5.32 Å². The van der Waals surface area contributed by atoms with Gasteiger partial charge in [-0.3, -0.25) is 4.57 Å². The smallest absolute Gasteiger partial charge is 0.389 e. The average molecular weight is 263 g/mol. The molecule has 1 fully saturated rings. The van der Waals surface area contributed by atoms with E-state index >= 15 is 0 Å². The molecule has 0 aromatic carbocycles. The lowest BCUT2D eigenvalue weighted by Gasteiger charge is -2.39. The second kappa shape index (κ2) is 4.26. The van der Waals surface area contributed by atoms with Crippen molar-refractivity contribution in [2.45, 2.75) is 30.0 Å². The Labute approximate surface area is 88.9 Å². The van der Waals surface area contributed by atoms with Crippen LogP contribution < -0.4 is 5.32 Å². The minimum absolute atomic E-state index is 0.502. The van der Waals surface area contributed by atoms with Gasteiger partial charge in [-0.25, -0.2) is 0 Å². The monoisotopic (exact) mass is 263 g/mol. The maximum atomic E-state index is 13.2. The van der Waals surface area contributed by atoms with Crippen molar-refractivity contribution in [3.05, 3.63) is 0 Å². The lowest BCUT2D eigenvalue weighted by atomic mass is 9.96. The van der Waals surface area contributed by atoms with Crippen LogP contribution in [0.5, 0.6) is 0 Å². The first-order valence-electron chi connectivity index (χ1n) is 4.30. The minimum Gasteiger partial charge on any atom is -0.389 e. The van der Waals surface area contributed by atoms with Gasteiger partial charge in [0.1, 0.15) is 18.2 Å². The van der Waals surface area contributed by atoms with E-state index in [2.05, 4.69) is 0 Å². The van der Waals surface area contributed by atoms with E-state index in [9.17, 15) is 18.5 Å². The van der Waals surface area contributed by atoms with Gasteiger partial charge in [-0.15, -0.1) is 0 Å². The van der Waals surface area contributed by atoms with Crippen LogP contribution >= 0.6 is 7.60 Å². The van der Waals surface area contributed by atoms with Crippen molar-refractivity contribution in [2.75, 3.05) is 6.54 Å². The maximum absolute atomic E-state index is 13.2. The highest BCUT2D eigenvalue weighted by molar-refractivity contribution is 7.53. The SMILES string of the molecule is O=P(O)(O)C(F)(F)[C@H]1NC[C@@H](O)[C@H](O)[C@H]1O. The summed E-state index contributed by atoms with van der Waals surface area (Å²) >= 11 is 0. The first kappa shape index (κ1) is 13.9. The third-order valence-corrected chi connectivity index (χ3v) is 3.45. The molecule has 0 aliphatic carbocycles. The molecule has 6 N–H and O–H groups in total. The number of halogens is 2. The molecular weight excluding hydrogens is 251 g/mol. The van der Waals surface area contributed by atoms with Crippen LogP contribution in [0.15, 0.2) is 0 Å². The molecule has 1 heterocycles. The highest BCUT2D eigenvalue weighted by Crippen LogP contribution is 2.55. The topological polar surface area (TPSA) is 130 Å². The van der Waals surface area contributed by atoms with Crippen molar-refractivity contribution in [2.24, 2.45) is 0 Å². The number of alkyl halides is 2. The van der Waals surface area contributed by atoms with Gasteiger partial charge in [-0.2, -0.15) is 8.78 Å². The van der Waals surface area contributed by atoms with E-state index in [0.29, 0.717) is 0 Å². The first-order valence-corrected chi connectivity index (χ1v) is 5.91. The molecule has 1 rings (SSSR count). The molecule has 4 atom stereocenters. The lowest BCUT2D eigenvalue weighted by Crippen LogP contribution is -2.65. The second-order valence-corrected chi connectivity index (χ2v) is 5.25. The van der Waals surface area contributed by atoms with Crippen LogP contribution in [-0.4, -0.2) is 61.7 Å². The quantitative estimate of drug-likeness (QED) is 0.312. The summed E-state index contributed by atoms with van der Waals surface area (Å²) in [4.78, 5) is 16.9. The molecule has 1 aliphatic rings. The predicted octanol–water partition coefficient (Wildman–Crippen LogP) is -2.19. The van der Waals surface area contributed by atoms with Crippen molar-refractivity contribution in [3.8, 4) is 0 Å². The van der Waals surface area contributed by atoms with Gasteiger partial charge in [0.15, 0.2) is 0 Å². The molecule has 0 spiro atoms. The van der Waals surface area contributed by atoms with Gasteiger partial charge in [0, 0.05) is 6.54 Å². The van der Waals surface area contributed by atoms with Crippen molar-refractivity contribution < 1.29 is 38.5 Å². The molecule has 7 nitrogen and oxygen atoms in total. The molecule has 0 radical (unpaired) electrons. The molecule has 96 valence electrons. The average Bonchev–Trinajstić information content (AvgIpc) is 2.12. The second-order valence-electron chi connectivity index (χ2n) is 3.57. The normalized spacial score (nSPS) is 37.4. The Hall–Kier alpha value is -0.150. The first-order chi connectivity index (χ1) is 7.09. The summed E-state index contributed by atoms with van der Waals surface area (Å²) in [6.45, 7) is -0.502. The fourth-order valence-electron chi connectivity index (χ4n) is 1.42. The van der Waals surface area contributed by atoms with Gasteiger partial charge in [-0.05, 0) is 0 Å². The van der Waals surface area contributed by atoms with Gasteiger partial charge < -0.3 is 30.4 Å². The molecule has 0 aromatic heterocycles. The summed E-state index contributed by atoms with van der Waals surface area (Å²) < 4.78 is 36.9. The summed E-state index contributed by atoms with van der Waals surface area (Å²) in [5, 5.41) is 29.2. The van der Waals surface area contributed by atoms with E-state index in [1.807, 2.05) is 5.32 Å². The van der Waals surface area contributed by atoms with E-state index in [0.717, 1.165) is 0 Å². The fraction of sp³-hybridized carbons (Fsp3) is 1.00. The molecule has 1 aliphatic heterocycles. The summed E-state index contributed by atoms with van der Waals surface area (Å²) in [5.74, 6) is 0. The van der Waals surface area contributed by atoms with Crippen LogP contribution in [0.25, 0.3) is 0 Å². The number of hydrogen-bond acceptors (Lipinski definition) is 5. The Morgan fingerprint density at radius 3 is 2.12 bits per heavy atom. The van der Waals surface area contributed by atoms with Gasteiger partial charge >= 0.3 is 13.3 Å². The van der Waals surface area contributed by atoms with Crippen LogP contribution in [0.3, 0.4) is 0 Å². The van der Waals surface area contributed by atoms with E-state index in [-0.39, 0.29) is 0 Å². The molecule has 1 saturated heterocycles. The fourth-order valence-corrected chi connectivity index (χ4v) is 2.03. The van der Waals surface area contributed by atoms with E-state index < -0.39 is 44.2 Å². The Kier molecular flexibility index (Phi) is 3.71. The van der Waals surface area contributed by atoms with Crippen LogP contribution in [0.1, 0.15) is 0 Å². The molecule has 0 bridgehead atoms. The van der Waals surface area contributed by atoms with Crippen LogP contribution in [-0.2, 0) is 4.57 Å². The number of piperidine rings is 1. The summed E-state index contributed by atoms with van der Waals surface area (Å²) in [7, 11) is -5.77. The Morgan fingerprint density at radius 1 is 1.19 bits per heavy atom. The number of β-amino-alcohol motifs (C(OH)–C–C–N with tert-alkyl or cyclic N) is 1. The molecule has 0 unspecified atom stereocenters. The third kappa shape index (κ3) is 2.25. The summed E-state index contributed by atoms with van der Waals surface area (Å²) in [5.41, 5.74) is -4.52. The van der Waals surface area contributed by atoms with Gasteiger partial charge in [-0.1, -0.05) is 0 Å². The van der Waals surface area contributed by atoms with E-state index in [1.165, 1.54) is 0 Å².